The number of ether oxygens (including phenoxy) is 3. The molecular weight excluding hydrogens is 292 g/mol. The molecule has 0 aromatic heterocycles. The van der Waals surface area contributed by atoms with Crippen LogP contribution in [0.2, 0.25) is 0 Å². The molecule has 0 atom stereocenters. The molecule has 23 heavy (non-hydrogen) atoms. The number of aldehydes is 1. The molecular formula is C19H20O4. The zero-order valence-corrected chi connectivity index (χ0v) is 13.2. The minimum atomic E-state index is 0.374. The van der Waals surface area contributed by atoms with Crippen molar-refractivity contribution in [2.45, 2.75) is 6.42 Å². The second-order valence-corrected chi connectivity index (χ2v) is 4.83. The highest BCUT2D eigenvalue weighted by Crippen LogP contribution is 2.27. The van der Waals surface area contributed by atoms with Crippen LogP contribution in [0.3, 0.4) is 0 Å². The van der Waals surface area contributed by atoms with Gasteiger partial charge in [0.15, 0.2) is 11.5 Å². The lowest BCUT2D eigenvalue weighted by Crippen LogP contribution is -2.10. The third-order valence-electron chi connectivity index (χ3n) is 3.26. The highest BCUT2D eigenvalue weighted by atomic mass is 16.5. The van der Waals surface area contributed by atoms with E-state index in [1.54, 1.807) is 25.3 Å². The topological polar surface area (TPSA) is 44.8 Å². The van der Waals surface area contributed by atoms with Gasteiger partial charge in [0.25, 0.3) is 0 Å². The number of hydrogen-bond acceptors (Lipinski definition) is 4. The maximum absolute atomic E-state index is 10.8. The molecule has 0 heterocycles. The fourth-order valence-electron chi connectivity index (χ4n) is 2.15. The lowest BCUT2D eigenvalue weighted by Gasteiger charge is -2.13. The molecule has 2 rings (SSSR count). The Bertz CT molecular complexity index is 664. The molecule has 120 valence electrons. The van der Waals surface area contributed by atoms with E-state index in [9.17, 15) is 4.79 Å². The lowest BCUT2D eigenvalue weighted by molar-refractivity contribution is 0.112. The van der Waals surface area contributed by atoms with Crippen LogP contribution in [0.25, 0.3) is 0 Å². The van der Waals surface area contributed by atoms with Gasteiger partial charge in [-0.15, -0.1) is 6.58 Å². The Balaban J connectivity index is 1.91. The van der Waals surface area contributed by atoms with E-state index in [0.29, 0.717) is 30.3 Å². The van der Waals surface area contributed by atoms with E-state index < -0.39 is 0 Å². The van der Waals surface area contributed by atoms with Crippen molar-refractivity contribution in [1.29, 1.82) is 0 Å². The van der Waals surface area contributed by atoms with Gasteiger partial charge in [0.2, 0.25) is 0 Å². The average molecular weight is 312 g/mol. The average Bonchev–Trinajstić information content (AvgIpc) is 2.60. The third-order valence-corrected chi connectivity index (χ3v) is 3.26. The van der Waals surface area contributed by atoms with E-state index in [-0.39, 0.29) is 0 Å². The van der Waals surface area contributed by atoms with Gasteiger partial charge in [0.1, 0.15) is 25.2 Å². The molecule has 0 aliphatic carbocycles. The van der Waals surface area contributed by atoms with Crippen LogP contribution in [0.1, 0.15) is 15.9 Å². The first kappa shape index (κ1) is 16.6. The van der Waals surface area contributed by atoms with Gasteiger partial charge in [-0.2, -0.15) is 0 Å². The van der Waals surface area contributed by atoms with Crippen molar-refractivity contribution in [3.63, 3.8) is 0 Å². The molecule has 0 aliphatic rings. The van der Waals surface area contributed by atoms with Gasteiger partial charge in [-0.25, -0.2) is 0 Å². The Morgan fingerprint density at radius 3 is 2.43 bits per heavy atom. The van der Waals surface area contributed by atoms with E-state index in [4.69, 9.17) is 14.2 Å². The van der Waals surface area contributed by atoms with E-state index in [1.165, 1.54) is 0 Å². The van der Waals surface area contributed by atoms with Gasteiger partial charge in [-0.1, -0.05) is 24.3 Å². The summed E-state index contributed by atoms with van der Waals surface area (Å²) >= 11 is 0. The third kappa shape index (κ3) is 4.61. The predicted molar refractivity (Wildman–Crippen MR) is 89.7 cm³/mol. The number of benzene rings is 2. The summed E-state index contributed by atoms with van der Waals surface area (Å²) < 4.78 is 16.6. The Kier molecular flexibility index (Phi) is 6.24. The quantitative estimate of drug-likeness (QED) is 0.402. The molecule has 4 nitrogen and oxygen atoms in total. The van der Waals surface area contributed by atoms with Gasteiger partial charge in [0, 0.05) is 5.56 Å². The molecule has 0 amide bonds. The Hall–Kier alpha value is -2.75. The van der Waals surface area contributed by atoms with Crippen LogP contribution in [0.15, 0.2) is 55.1 Å². The first-order chi connectivity index (χ1) is 11.3. The summed E-state index contributed by atoms with van der Waals surface area (Å²) in [6.07, 6.45) is 3.38. The Morgan fingerprint density at radius 2 is 1.74 bits per heavy atom. The SMILES string of the molecule is C=CCc1ccccc1OCCOc1ccc(C=O)cc1OC. The summed E-state index contributed by atoms with van der Waals surface area (Å²) in [5.41, 5.74) is 1.64. The molecule has 0 radical (unpaired) electrons. The van der Waals surface area contributed by atoms with Crippen LogP contribution in [-0.4, -0.2) is 26.6 Å². The second-order valence-electron chi connectivity index (χ2n) is 4.83. The molecule has 2 aromatic carbocycles. The van der Waals surface area contributed by atoms with Crippen molar-refractivity contribution >= 4 is 6.29 Å². The van der Waals surface area contributed by atoms with Crippen molar-refractivity contribution in [3.05, 3.63) is 66.2 Å². The fourth-order valence-corrected chi connectivity index (χ4v) is 2.15. The highest BCUT2D eigenvalue weighted by Gasteiger charge is 2.06. The zero-order valence-electron chi connectivity index (χ0n) is 13.2. The summed E-state index contributed by atoms with van der Waals surface area (Å²) in [4.78, 5) is 10.8. The van der Waals surface area contributed by atoms with Gasteiger partial charge < -0.3 is 14.2 Å². The molecule has 0 N–H and O–H groups in total. The summed E-state index contributed by atoms with van der Waals surface area (Å²) in [5, 5.41) is 0. The van der Waals surface area contributed by atoms with Crippen LogP contribution in [0, 0.1) is 0 Å². The largest absolute Gasteiger partial charge is 0.493 e. The molecule has 0 bridgehead atoms. The standard InChI is InChI=1S/C19H20O4/c1-3-6-16-7-4-5-8-17(16)22-11-12-23-18-10-9-15(14-20)13-19(18)21-2/h3-5,7-10,13-14H,1,6,11-12H2,2H3. The maximum Gasteiger partial charge on any atom is 0.161 e. The maximum atomic E-state index is 10.8. The number of hydrogen-bond donors (Lipinski definition) is 0. The number of carbonyl (C=O) groups is 1. The van der Waals surface area contributed by atoms with Crippen molar-refractivity contribution in [3.8, 4) is 17.2 Å². The molecule has 0 saturated heterocycles. The van der Waals surface area contributed by atoms with E-state index in [0.717, 1.165) is 24.0 Å². The minimum Gasteiger partial charge on any atom is -0.493 e. The Labute approximate surface area is 136 Å². The zero-order chi connectivity index (χ0) is 16.5. The highest BCUT2D eigenvalue weighted by molar-refractivity contribution is 5.76. The van der Waals surface area contributed by atoms with E-state index in [2.05, 4.69) is 6.58 Å². The Morgan fingerprint density at radius 1 is 1.00 bits per heavy atom. The number of carbonyl (C=O) groups excluding carboxylic acids is 1. The normalized spacial score (nSPS) is 9.96. The van der Waals surface area contributed by atoms with Gasteiger partial charge in [-0.3, -0.25) is 4.79 Å². The minimum absolute atomic E-state index is 0.374. The summed E-state index contributed by atoms with van der Waals surface area (Å²) in [6.45, 7) is 4.53. The first-order valence-corrected chi connectivity index (χ1v) is 7.36. The van der Waals surface area contributed by atoms with Crippen molar-refractivity contribution < 1.29 is 19.0 Å². The van der Waals surface area contributed by atoms with E-state index >= 15 is 0 Å². The number of rotatable bonds is 9. The van der Waals surface area contributed by atoms with Crippen LogP contribution in [0.4, 0.5) is 0 Å². The van der Waals surface area contributed by atoms with Crippen molar-refractivity contribution in [1.82, 2.24) is 0 Å². The van der Waals surface area contributed by atoms with Crippen LogP contribution in [-0.2, 0) is 6.42 Å². The number of methoxy groups -OCH3 is 1. The summed E-state index contributed by atoms with van der Waals surface area (Å²) in [6, 6.07) is 12.9. The summed E-state index contributed by atoms with van der Waals surface area (Å²) in [7, 11) is 1.54. The first-order valence-electron chi connectivity index (χ1n) is 7.36. The molecule has 2 aromatic rings. The van der Waals surface area contributed by atoms with Crippen LogP contribution in [0.5, 0.6) is 17.2 Å². The second kappa shape index (κ2) is 8.63. The molecule has 0 spiro atoms. The molecule has 0 aliphatic heterocycles. The number of para-hydroxylation sites is 1. The van der Waals surface area contributed by atoms with Gasteiger partial charge in [-0.05, 0) is 36.2 Å². The molecule has 0 saturated carbocycles. The predicted octanol–water partition coefficient (Wildman–Crippen LogP) is 3.69. The number of allylic oxidation sites excluding steroid dienone is 1. The van der Waals surface area contributed by atoms with Crippen molar-refractivity contribution in [2.24, 2.45) is 0 Å². The van der Waals surface area contributed by atoms with Gasteiger partial charge in [0.05, 0.1) is 7.11 Å². The summed E-state index contributed by atoms with van der Waals surface area (Å²) in [5.74, 6) is 1.95. The van der Waals surface area contributed by atoms with E-state index in [1.807, 2.05) is 30.3 Å². The molecule has 0 fully saturated rings. The van der Waals surface area contributed by atoms with Gasteiger partial charge >= 0.3 is 0 Å². The smallest absolute Gasteiger partial charge is 0.161 e. The fraction of sp³-hybridized carbons (Fsp3) is 0.211. The van der Waals surface area contributed by atoms with Crippen LogP contribution >= 0.6 is 0 Å². The molecule has 4 heteroatoms. The molecule has 0 unspecified atom stereocenters. The monoisotopic (exact) mass is 312 g/mol. The van der Waals surface area contributed by atoms with Crippen molar-refractivity contribution in [2.75, 3.05) is 20.3 Å². The lowest BCUT2D eigenvalue weighted by atomic mass is 10.1. The van der Waals surface area contributed by atoms with Crippen LogP contribution < -0.4 is 14.2 Å².